The van der Waals surface area contributed by atoms with E-state index in [0.717, 1.165) is 155 Å². The van der Waals surface area contributed by atoms with Crippen molar-refractivity contribution in [3.05, 3.63) is 24.8 Å². The first-order valence-electron chi connectivity index (χ1n) is 55.2. The lowest BCUT2D eigenvalue weighted by molar-refractivity contribution is -0.164. The average Bonchev–Trinajstić information content (AvgIpc) is 1.76. The zero-order valence-electron chi connectivity index (χ0n) is 104. The number of unbranched alkanes of at least 4 members (excludes halogenated alkanes) is 2. The molecule has 1 atom stereocenters. The molecule has 11 heteroatoms. The molecule has 0 N–H and O–H groups in total. The molecule has 0 amide bonds. The largest absolute Gasteiger partial charge is 0.391 e. The normalized spacial score (nSPS) is 13.3. The molecule has 0 aromatic carbocycles. The standard InChI is InChI=1S/C7H16O.C7H14.2C7H16.2C6H14O.2C6H12.2C6H14.C5H10.2C5H12.C5H10.C5H8.C4H7F3.C4H7N.C4H10O.C4H8.2C4H10.C4H8.C4H6.C3H5F3/c1-6(2)7(3,4)8-5;1-7-5-3-2-4-6-7;1-6(2)7(3,4)5;1-6(2)5-7(3)4;1-5-6(2,3)7-4;1-5(2)6(3)7-4;1-5(2)6-3-4-6;1-6-4-2-3-5-6;1-5-6(2,3)4;1-5(2)6(3)4;1-2-5-3-4-5;3*1-4-5(2)3;1-3-5-4-2;1-3(2)4(5,6)7;1-2-3-4-5;1-3-4-5-2;1-4-2-3-4;1-4(2)3;3*1-3-4-2;1-2-3(4,5)6/h6H,1-5H3;7H,2-6H2,1H3;6H,1-5H3;6-7H,5H2,1-4H3;5H2,1-4H3;5-6H,1-4H3;5-6H,3-4H2,1-2H3;6H,2-5H2,1H3;5H2,1-4H3;5-6H,1-4H3;5H,2-4H2,1H3;2*5H,4H2,1-3H3;2,4H2,1,3H3;3H2,1-2H3;3H,1-2H3;2-3H2,1H3;3-4H2,1-2H3;4H,2-3H2,1H3;4H,1-3H3;3-4H2,1-2H3;3H,1,4H2,2H3;1H,4H2,2H3;2H2,1H3. The fourth-order valence-corrected chi connectivity index (χ4v) is 5.98. The lowest BCUT2D eigenvalue weighted by Gasteiger charge is -2.26. The number of terminal acetylenes is 1. The predicted octanol–water partition coefficient (Wildman–Crippen LogP) is 45.8. The second kappa shape index (κ2) is 130. The Morgan fingerprint density at radius 2 is 0.763 bits per heavy atom. The minimum Gasteiger partial charge on any atom is -0.385 e. The highest BCUT2D eigenvalue weighted by molar-refractivity contribution is 4.93. The van der Waals surface area contributed by atoms with Gasteiger partial charge in [-0.2, -0.15) is 31.6 Å². The summed E-state index contributed by atoms with van der Waals surface area (Å²) in [5.41, 5.74) is 2.42. The van der Waals surface area contributed by atoms with E-state index in [2.05, 4.69) is 356 Å². The lowest BCUT2D eigenvalue weighted by atomic mass is 9.84. The van der Waals surface area contributed by atoms with Gasteiger partial charge in [-0.1, -0.05) is 466 Å². The number of rotatable bonds is 19. The quantitative estimate of drug-likeness (QED) is 0.0733. The summed E-state index contributed by atoms with van der Waals surface area (Å²) in [6.07, 6.45) is 37.9. The highest BCUT2D eigenvalue weighted by Gasteiger charge is 2.32. The molecule has 0 aromatic rings. The van der Waals surface area contributed by atoms with Crippen LogP contribution in [0.4, 0.5) is 26.3 Å². The fourth-order valence-electron chi connectivity index (χ4n) is 5.98. The number of alkyl halides is 6. The van der Waals surface area contributed by atoms with Crippen LogP contribution < -0.4 is 0 Å². The number of methoxy groups -OCH3 is 4. The van der Waals surface area contributed by atoms with Crippen molar-refractivity contribution in [3.63, 3.8) is 0 Å². The van der Waals surface area contributed by atoms with Gasteiger partial charge < -0.3 is 18.9 Å². The predicted molar refractivity (Wildman–Crippen MR) is 615 cm³/mol. The summed E-state index contributed by atoms with van der Waals surface area (Å²) in [6, 6.07) is 2.02. The first-order chi connectivity index (χ1) is 61.5. The molecule has 0 heterocycles. The van der Waals surface area contributed by atoms with Crippen molar-refractivity contribution in [2.45, 2.75) is 610 Å². The third-order valence-electron chi connectivity index (χ3n) is 22.4. The van der Waals surface area contributed by atoms with E-state index in [9.17, 15) is 26.3 Å². The van der Waals surface area contributed by atoms with Gasteiger partial charge in [0.05, 0.1) is 23.4 Å². The first kappa shape index (κ1) is 178. The van der Waals surface area contributed by atoms with Crippen LogP contribution in [0, 0.1) is 147 Å². The zero-order chi connectivity index (χ0) is 112. The Kier molecular flexibility index (Phi) is 171. The number of hydrogen-bond donors (Lipinski definition) is 0. The molecule has 1 unspecified atom stereocenters. The van der Waals surface area contributed by atoms with E-state index in [1.54, 1.807) is 28.4 Å². The Morgan fingerprint density at radius 1 is 0.459 bits per heavy atom. The van der Waals surface area contributed by atoms with E-state index in [4.69, 9.17) is 30.6 Å². The Morgan fingerprint density at radius 3 is 0.778 bits per heavy atom. The summed E-state index contributed by atoms with van der Waals surface area (Å²) in [6.45, 7) is 125. The van der Waals surface area contributed by atoms with Gasteiger partial charge in [-0.05, 0) is 205 Å². The minimum atomic E-state index is -4.00. The summed E-state index contributed by atoms with van der Waals surface area (Å²) >= 11 is 0. The SMILES string of the molecule is C#CCC.C=C(C)CC.C=CCC.CC#CCC.CC(C)C.CC(C)C(C)(C)C.CC(C)C(C)C.CC(C)C(F)(F)F.CC(C)C1CC1.CC(C)CC(C)C.CC1CC1.CC1CCCC1.CC1CCCCC1.CCC(C)(C)C.CCC(C)(C)OC.CCC(C)C.CCC(C)C.CCC(F)(F)F.CCC1CC1.CCCC.CCCC#N.CCCOC.COC(C)(C)C(C)C.COC(C)C(C)C. The van der Waals surface area contributed by atoms with Crippen LogP contribution in [0.25, 0.3) is 0 Å². The van der Waals surface area contributed by atoms with Crippen LogP contribution >= 0.6 is 0 Å². The van der Waals surface area contributed by atoms with E-state index < -0.39 is 24.7 Å². The third-order valence-corrected chi connectivity index (χ3v) is 22.4. The first-order valence-corrected chi connectivity index (χ1v) is 55.2. The van der Waals surface area contributed by atoms with E-state index >= 15 is 0 Å². The second-order valence-electron chi connectivity index (χ2n) is 44.9. The van der Waals surface area contributed by atoms with Gasteiger partial charge in [-0.3, -0.25) is 0 Å². The number of hydrogen-bond acceptors (Lipinski definition) is 5. The summed E-state index contributed by atoms with van der Waals surface area (Å²) in [5, 5.41) is 7.82. The van der Waals surface area contributed by atoms with Crippen molar-refractivity contribution in [2.24, 2.45) is 111 Å². The molecule has 5 aliphatic rings. The molecule has 0 spiro atoms. The Balaban J connectivity index is -0.0000000613. The van der Waals surface area contributed by atoms with Crippen molar-refractivity contribution in [1.82, 2.24) is 0 Å². The molecule has 5 aliphatic carbocycles. The van der Waals surface area contributed by atoms with Crippen LogP contribution in [0.2, 0.25) is 0 Å². The topological polar surface area (TPSA) is 60.7 Å². The van der Waals surface area contributed by atoms with Gasteiger partial charge in [0, 0.05) is 66.6 Å². The van der Waals surface area contributed by atoms with E-state index in [-0.39, 0.29) is 11.2 Å². The fraction of sp³-hybridized carbons (Fsp3) is 0.927. The van der Waals surface area contributed by atoms with Crippen molar-refractivity contribution >= 4 is 0 Å². The molecule has 0 aliphatic heterocycles. The number of nitriles is 1. The van der Waals surface area contributed by atoms with Crippen LogP contribution in [-0.4, -0.2) is 64.7 Å². The van der Waals surface area contributed by atoms with E-state index in [0.29, 0.717) is 35.2 Å². The van der Waals surface area contributed by atoms with Crippen LogP contribution in [0.15, 0.2) is 24.8 Å². The number of halogens is 6. The van der Waals surface area contributed by atoms with Gasteiger partial charge in [-0.15, -0.1) is 37.3 Å². The molecule has 5 saturated carbocycles. The highest BCUT2D eigenvalue weighted by atomic mass is 19.4. The molecule has 0 radical (unpaired) electrons. The summed E-state index contributed by atoms with van der Waals surface area (Å²) < 4.78 is 85.9. The molecular weight excluding hydrogens is 1680 g/mol. The Bertz CT molecular complexity index is 2130. The minimum absolute atomic E-state index is 0.0417. The molecular formula is C124H265F6NO4. The van der Waals surface area contributed by atoms with Crippen LogP contribution in [0.3, 0.4) is 0 Å². The van der Waals surface area contributed by atoms with Crippen molar-refractivity contribution < 1.29 is 45.3 Å². The number of allylic oxidation sites excluding steroid dienone is 2. The maximum absolute atomic E-state index is 11.2. The zero-order valence-corrected chi connectivity index (χ0v) is 104. The monoisotopic (exact) mass is 1950 g/mol. The number of ether oxygens (including phenoxy) is 4. The number of nitrogens with zero attached hydrogens (tertiary/aromatic N) is 1. The molecule has 0 saturated heterocycles. The third kappa shape index (κ3) is 275. The van der Waals surface area contributed by atoms with E-state index in [1.165, 1.54) is 147 Å². The molecule has 135 heavy (non-hydrogen) atoms. The molecule has 5 nitrogen and oxygen atoms in total. The van der Waals surface area contributed by atoms with Gasteiger partial charge in [0.25, 0.3) is 0 Å². The van der Waals surface area contributed by atoms with Gasteiger partial charge in [-0.25, -0.2) is 0 Å². The molecule has 5 rings (SSSR count). The Hall–Kier alpha value is -2.49. The van der Waals surface area contributed by atoms with Gasteiger partial charge in [0.15, 0.2) is 0 Å². The second-order valence-corrected chi connectivity index (χ2v) is 44.9. The van der Waals surface area contributed by atoms with Gasteiger partial charge in [0.1, 0.15) is 0 Å². The smallest absolute Gasteiger partial charge is 0.385 e. The summed E-state index contributed by atoms with van der Waals surface area (Å²) in [4.78, 5) is 0. The lowest BCUT2D eigenvalue weighted by Crippen LogP contribution is -2.29. The van der Waals surface area contributed by atoms with Crippen LogP contribution in [-0.2, 0) is 18.9 Å². The molecule has 0 aromatic heterocycles. The van der Waals surface area contributed by atoms with Crippen LogP contribution in [0.1, 0.15) is 580 Å². The molecule has 832 valence electrons. The maximum atomic E-state index is 11.2. The molecule has 5 fully saturated rings. The van der Waals surface area contributed by atoms with Crippen molar-refractivity contribution in [2.75, 3.05) is 35.0 Å². The van der Waals surface area contributed by atoms with Crippen LogP contribution in [0.5, 0.6) is 0 Å². The maximum Gasteiger partial charge on any atom is 0.391 e. The van der Waals surface area contributed by atoms with E-state index in [1.807, 2.05) is 46.8 Å². The summed E-state index contributed by atoms with van der Waals surface area (Å²) in [7, 11) is 6.94. The highest BCUT2D eigenvalue weighted by Crippen LogP contribution is 2.36. The average molecular weight is 1950 g/mol. The summed E-state index contributed by atoms with van der Waals surface area (Å²) in [5.74, 6) is 21.3. The van der Waals surface area contributed by atoms with Gasteiger partial charge in [0.2, 0.25) is 0 Å². The van der Waals surface area contributed by atoms with Gasteiger partial charge >= 0.3 is 12.4 Å². The van der Waals surface area contributed by atoms with Crippen molar-refractivity contribution in [1.29, 1.82) is 5.26 Å². The Labute approximate surface area is 856 Å². The van der Waals surface area contributed by atoms with Crippen molar-refractivity contribution in [3.8, 4) is 30.3 Å². The molecule has 0 bridgehead atoms.